The quantitative estimate of drug-likeness (QED) is 0.443. The van der Waals surface area contributed by atoms with Gasteiger partial charge in [-0.25, -0.2) is 0 Å². The van der Waals surface area contributed by atoms with E-state index in [-0.39, 0.29) is 78.1 Å². The largest absolute Gasteiger partial charge is 2.00 e. The number of fused-ring (bicyclic) bond motifs is 3. The van der Waals surface area contributed by atoms with Gasteiger partial charge < -0.3 is 24.8 Å². The van der Waals surface area contributed by atoms with Gasteiger partial charge in [0.05, 0.1) is 0 Å². The summed E-state index contributed by atoms with van der Waals surface area (Å²) in [7, 11) is 0. The zero-order chi connectivity index (χ0) is 27.8. The van der Waals surface area contributed by atoms with Crippen molar-refractivity contribution in [2.24, 2.45) is 16.2 Å². The summed E-state index contributed by atoms with van der Waals surface area (Å²) >= 11 is 0. The molecule has 0 heterocycles. The summed E-state index contributed by atoms with van der Waals surface area (Å²) in [4.78, 5) is 0. The van der Waals surface area contributed by atoms with E-state index in [1.807, 2.05) is 0 Å². The molecule has 40 heavy (non-hydrogen) atoms. The van der Waals surface area contributed by atoms with Crippen molar-refractivity contribution < 1.29 is 51.0 Å². The van der Waals surface area contributed by atoms with Gasteiger partial charge in [-0.15, -0.1) is 0 Å². The average molecular weight is 657 g/mol. The average Bonchev–Trinajstić information content (AvgIpc) is 3.04. The first-order chi connectivity index (χ1) is 16.8. The first-order valence-electron chi connectivity index (χ1n) is 14.2. The van der Waals surface area contributed by atoms with Crippen LogP contribution in [0.3, 0.4) is 0 Å². The Morgan fingerprint density at radius 3 is 1.65 bits per heavy atom. The molecule has 2 aromatic carbocycles. The van der Waals surface area contributed by atoms with E-state index in [0.717, 1.165) is 6.42 Å². The van der Waals surface area contributed by atoms with E-state index < -0.39 is 0 Å². The van der Waals surface area contributed by atoms with Crippen molar-refractivity contribution in [2.75, 3.05) is 0 Å². The topological polar surface area (TPSA) is 0 Å². The summed E-state index contributed by atoms with van der Waals surface area (Å²) in [5.74, 6) is 0. The summed E-state index contributed by atoms with van der Waals surface area (Å²) in [5, 5.41) is 0. The van der Waals surface area contributed by atoms with Crippen LogP contribution in [0.2, 0.25) is 0 Å². The molecule has 0 radical (unpaired) electrons. The zero-order valence-electron chi connectivity index (χ0n) is 27.2. The van der Waals surface area contributed by atoms with E-state index in [4.69, 9.17) is 0 Å². The molecule has 0 atom stereocenters. The Morgan fingerprint density at radius 2 is 1.20 bits per heavy atom. The van der Waals surface area contributed by atoms with E-state index in [0.29, 0.717) is 0 Å². The van der Waals surface area contributed by atoms with Crippen LogP contribution in [0.25, 0.3) is 11.1 Å². The number of hydrogen-bond donors (Lipinski definition) is 0. The second-order valence-corrected chi connectivity index (χ2v) is 15.7. The van der Waals surface area contributed by atoms with Crippen molar-refractivity contribution in [3.8, 4) is 0 Å². The van der Waals surface area contributed by atoms with Gasteiger partial charge in [0.2, 0.25) is 0 Å². The van der Waals surface area contributed by atoms with E-state index in [1.54, 1.807) is 0 Å². The maximum atomic E-state index is 2.65. The van der Waals surface area contributed by atoms with E-state index in [1.165, 1.54) is 50.1 Å². The Labute approximate surface area is 277 Å². The summed E-state index contributed by atoms with van der Waals surface area (Å²) in [6.45, 7) is 30.7. The molecule has 3 heteroatoms. The standard InChI is InChI=1S/C37H50.2ClH.Zr/c1-24-31(34(5,6)7)19-18-28-29(22-25-14-16-26(17-15-25)33(2,3)4)27-20-21-37(35(8,9)10,36(11,12)13)23-30(27)32(24)28;;;/h14-21,23H,22H2,1-13H3;2*1H;/q;;;+2/p-2. The molecule has 216 valence electrons. The van der Waals surface area contributed by atoms with E-state index >= 15 is 0 Å². The van der Waals surface area contributed by atoms with E-state index in [9.17, 15) is 0 Å². The molecule has 0 bridgehead atoms. The number of hydrogen-bond acceptors (Lipinski definition) is 0. The minimum atomic E-state index is -0.0376. The van der Waals surface area contributed by atoms with Crippen LogP contribution in [-0.2, 0) is 43.5 Å². The fraction of sp³-hybridized carbons (Fsp3) is 0.514. The van der Waals surface area contributed by atoms with Crippen LogP contribution in [0.1, 0.15) is 116 Å². The molecule has 4 rings (SSSR count). The van der Waals surface area contributed by atoms with Crippen molar-refractivity contribution in [3.63, 3.8) is 0 Å². The fourth-order valence-electron chi connectivity index (χ4n) is 6.97. The van der Waals surface area contributed by atoms with Crippen LogP contribution in [0, 0.1) is 23.2 Å². The van der Waals surface area contributed by atoms with Gasteiger partial charge in [0.15, 0.2) is 0 Å². The molecule has 0 saturated carbocycles. The Morgan fingerprint density at radius 1 is 0.675 bits per heavy atom. The normalized spacial score (nSPS) is 16.3. The van der Waals surface area contributed by atoms with Crippen molar-refractivity contribution in [1.29, 1.82) is 0 Å². The molecule has 0 spiro atoms. The number of rotatable bonds is 2. The van der Waals surface area contributed by atoms with Crippen LogP contribution < -0.4 is 24.8 Å². The Hall–Kier alpha value is -0.877. The maximum absolute atomic E-state index is 2.65. The van der Waals surface area contributed by atoms with Crippen LogP contribution in [0.4, 0.5) is 0 Å². The maximum Gasteiger partial charge on any atom is 2.00 e. The van der Waals surface area contributed by atoms with Crippen molar-refractivity contribution in [1.82, 2.24) is 0 Å². The van der Waals surface area contributed by atoms with Gasteiger partial charge in [-0.3, -0.25) is 0 Å². The van der Waals surface area contributed by atoms with Crippen LogP contribution in [0.15, 0.2) is 60.2 Å². The molecular weight excluding hydrogens is 607 g/mol. The van der Waals surface area contributed by atoms with Crippen LogP contribution in [0.5, 0.6) is 0 Å². The fourth-order valence-corrected chi connectivity index (χ4v) is 6.97. The summed E-state index contributed by atoms with van der Waals surface area (Å²) in [5.41, 5.74) is 13.4. The Kier molecular flexibility index (Phi) is 11.2. The van der Waals surface area contributed by atoms with Crippen LogP contribution >= 0.6 is 0 Å². The van der Waals surface area contributed by atoms with Gasteiger partial charge >= 0.3 is 26.2 Å². The van der Waals surface area contributed by atoms with Crippen molar-refractivity contribution in [2.45, 2.75) is 107 Å². The van der Waals surface area contributed by atoms with Crippen molar-refractivity contribution in [3.05, 3.63) is 93.6 Å². The van der Waals surface area contributed by atoms with Gasteiger partial charge in [-0.05, 0) is 85.1 Å². The third-order valence-electron chi connectivity index (χ3n) is 9.05. The number of benzene rings is 2. The summed E-state index contributed by atoms with van der Waals surface area (Å²) < 4.78 is 0. The first-order valence-corrected chi connectivity index (χ1v) is 14.2. The smallest absolute Gasteiger partial charge is 1.00 e. The molecule has 0 saturated heterocycles. The third kappa shape index (κ3) is 6.38. The first kappa shape index (κ1) is 37.1. The Bertz CT molecular complexity index is 1290. The zero-order valence-corrected chi connectivity index (χ0v) is 31.1. The van der Waals surface area contributed by atoms with Gasteiger partial charge in [0.25, 0.3) is 0 Å². The molecule has 0 fully saturated rings. The summed E-state index contributed by atoms with van der Waals surface area (Å²) in [6, 6.07) is 14.1. The van der Waals surface area contributed by atoms with Gasteiger partial charge in [0.1, 0.15) is 0 Å². The SMILES string of the molecule is Cc1c(C(C)(C)C)ccc2c1C1=CC(C(C)(C)C)(C(C)(C)C)C=CC1=C2Cc1ccc(C(C)(C)C)cc1.[Cl-].[Cl-].[Zr+2]. The number of halogens is 2. The minimum absolute atomic E-state index is 0. The van der Waals surface area contributed by atoms with Crippen molar-refractivity contribution >= 4 is 11.1 Å². The monoisotopic (exact) mass is 654 g/mol. The predicted octanol–water partition coefficient (Wildman–Crippen LogP) is 4.64. The van der Waals surface area contributed by atoms with Gasteiger partial charge in [-0.1, -0.05) is 138 Å². The minimum Gasteiger partial charge on any atom is -1.00 e. The van der Waals surface area contributed by atoms with Crippen LogP contribution in [-0.4, -0.2) is 0 Å². The number of allylic oxidation sites excluding steroid dienone is 6. The third-order valence-corrected chi connectivity index (χ3v) is 9.05. The predicted molar refractivity (Wildman–Crippen MR) is 164 cm³/mol. The second-order valence-electron chi connectivity index (χ2n) is 15.7. The molecule has 0 N–H and O–H groups in total. The molecular formula is C37H50Cl2Zr. The molecule has 0 amide bonds. The van der Waals surface area contributed by atoms with Gasteiger partial charge in [0, 0.05) is 5.41 Å². The summed E-state index contributed by atoms with van der Waals surface area (Å²) in [6.07, 6.45) is 8.61. The molecule has 0 nitrogen and oxygen atoms in total. The molecule has 2 aliphatic rings. The molecule has 2 aliphatic carbocycles. The molecule has 0 aliphatic heterocycles. The second kappa shape index (κ2) is 12.0. The molecule has 0 aromatic heterocycles. The molecule has 0 unspecified atom stereocenters. The van der Waals surface area contributed by atoms with E-state index in [2.05, 4.69) is 145 Å². The molecule has 2 aromatic rings. The Balaban J connectivity index is 0.00000267. The van der Waals surface area contributed by atoms with Gasteiger partial charge in [-0.2, -0.15) is 0 Å².